The van der Waals surface area contributed by atoms with Gasteiger partial charge in [0.15, 0.2) is 0 Å². The van der Waals surface area contributed by atoms with Gasteiger partial charge in [-0.3, -0.25) is 0 Å². The Kier molecular flexibility index (Phi) is 6.32. The van der Waals surface area contributed by atoms with E-state index in [2.05, 4.69) is 35.5 Å². The summed E-state index contributed by atoms with van der Waals surface area (Å²) in [5.74, 6) is 2.62. The van der Waals surface area contributed by atoms with Crippen molar-refractivity contribution in [1.82, 2.24) is 10.2 Å². The molecule has 0 atom stereocenters. The van der Waals surface area contributed by atoms with Crippen molar-refractivity contribution in [3.63, 3.8) is 0 Å². The number of rotatable bonds is 6. The Hall–Kier alpha value is 0.0100. The molecule has 3 heteroatoms. The molecule has 0 aromatic rings. The van der Waals surface area contributed by atoms with E-state index in [-0.39, 0.29) is 0 Å². The molecular formula is C11H22N2S. The summed E-state index contributed by atoms with van der Waals surface area (Å²) in [5.41, 5.74) is 1.27. The molecule has 2 nitrogen and oxygen atoms in total. The summed E-state index contributed by atoms with van der Waals surface area (Å²) < 4.78 is 0. The monoisotopic (exact) mass is 214 g/mol. The fourth-order valence-corrected chi connectivity index (χ4v) is 2.47. The molecule has 0 radical (unpaired) electrons. The van der Waals surface area contributed by atoms with Crippen LogP contribution in [-0.4, -0.2) is 49.1 Å². The summed E-state index contributed by atoms with van der Waals surface area (Å²) in [5, 5.41) is 3.45. The van der Waals surface area contributed by atoms with Crippen LogP contribution < -0.4 is 5.32 Å². The fourth-order valence-electron chi connectivity index (χ4n) is 1.49. The summed E-state index contributed by atoms with van der Waals surface area (Å²) in [6.07, 6.45) is 1.11. The second-order valence-corrected chi connectivity index (χ2v) is 5.14. The molecule has 1 fully saturated rings. The van der Waals surface area contributed by atoms with E-state index >= 15 is 0 Å². The van der Waals surface area contributed by atoms with Crippen molar-refractivity contribution < 1.29 is 0 Å². The molecule has 1 N–H and O–H groups in total. The summed E-state index contributed by atoms with van der Waals surface area (Å²) >= 11 is 2.07. The van der Waals surface area contributed by atoms with E-state index in [0.717, 1.165) is 19.5 Å². The molecule has 0 spiro atoms. The second-order valence-electron chi connectivity index (χ2n) is 3.91. The normalized spacial score (nSPS) is 18.4. The van der Waals surface area contributed by atoms with Gasteiger partial charge in [-0.25, -0.2) is 0 Å². The first-order valence-corrected chi connectivity index (χ1v) is 6.59. The molecule has 0 aliphatic carbocycles. The van der Waals surface area contributed by atoms with Crippen LogP contribution in [0.4, 0.5) is 0 Å². The van der Waals surface area contributed by atoms with Crippen LogP contribution in [0.5, 0.6) is 0 Å². The summed E-state index contributed by atoms with van der Waals surface area (Å²) in [4.78, 5) is 2.55. The molecular weight excluding hydrogens is 192 g/mol. The Morgan fingerprint density at radius 2 is 2.07 bits per heavy atom. The third-order valence-corrected chi connectivity index (χ3v) is 3.38. The minimum absolute atomic E-state index is 1.08. The molecule has 0 bridgehead atoms. The third kappa shape index (κ3) is 5.68. The number of thioether (sulfide) groups is 1. The molecule has 1 saturated heterocycles. The van der Waals surface area contributed by atoms with Gasteiger partial charge in [0.25, 0.3) is 0 Å². The summed E-state index contributed by atoms with van der Waals surface area (Å²) in [6.45, 7) is 11.9. The van der Waals surface area contributed by atoms with E-state index in [0.29, 0.717) is 0 Å². The molecule has 0 aromatic heterocycles. The molecule has 0 unspecified atom stereocenters. The lowest BCUT2D eigenvalue weighted by molar-refractivity contribution is 0.301. The van der Waals surface area contributed by atoms with Crippen molar-refractivity contribution >= 4 is 11.8 Å². The van der Waals surface area contributed by atoms with Crippen LogP contribution in [0.25, 0.3) is 0 Å². The average Bonchev–Trinajstić information content (AvgIpc) is 2.18. The lowest BCUT2D eigenvalue weighted by Gasteiger charge is -2.26. The number of hydrogen-bond acceptors (Lipinski definition) is 3. The van der Waals surface area contributed by atoms with Gasteiger partial charge in [0.05, 0.1) is 0 Å². The minimum atomic E-state index is 1.08. The molecule has 1 aliphatic heterocycles. The predicted molar refractivity (Wildman–Crippen MR) is 66.1 cm³/mol. The van der Waals surface area contributed by atoms with Crippen LogP contribution in [0.1, 0.15) is 13.3 Å². The first-order chi connectivity index (χ1) is 6.79. The first kappa shape index (κ1) is 12.1. The van der Waals surface area contributed by atoms with E-state index in [1.54, 1.807) is 0 Å². The predicted octanol–water partition coefficient (Wildman–Crippen LogP) is 1.59. The quantitative estimate of drug-likeness (QED) is 0.534. The Labute approximate surface area is 92.1 Å². The van der Waals surface area contributed by atoms with Gasteiger partial charge in [-0.2, -0.15) is 11.8 Å². The minimum Gasteiger partial charge on any atom is -0.315 e. The number of nitrogens with one attached hydrogen (secondary N) is 1. The highest BCUT2D eigenvalue weighted by atomic mass is 32.2. The van der Waals surface area contributed by atoms with Crippen LogP contribution >= 0.6 is 11.8 Å². The largest absolute Gasteiger partial charge is 0.315 e. The molecule has 14 heavy (non-hydrogen) atoms. The lowest BCUT2D eigenvalue weighted by Crippen LogP contribution is -2.37. The van der Waals surface area contributed by atoms with Crippen LogP contribution in [-0.2, 0) is 0 Å². The number of hydrogen-bond donors (Lipinski definition) is 1. The highest BCUT2D eigenvalue weighted by Crippen LogP contribution is 2.07. The van der Waals surface area contributed by atoms with Crippen LogP contribution in [0, 0.1) is 0 Å². The summed E-state index contributed by atoms with van der Waals surface area (Å²) in [6, 6.07) is 0. The SMILES string of the molecule is C=C(C)CCNCCN1CCSCC1. The van der Waals surface area contributed by atoms with Crippen LogP contribution in [0.3, 0.4) is 0 Å². The Balaban J connectivity index is 1.90. The van der Waals surface area contributed by atoms with E-state index in [9.17, 15) is 0 Å². The van der Waals surface area contributed by atoms with Gasteiger partial charge in [-0.1, -0.05) is 5.57 Å². The molecule has 82 valence electrons. The highest BCUT2D eigenvalue weighted by Gasteiger charge is 2.08. The van der Waals surface area contributed by atoms with Crippen LogP contribution in [0.15, 0.2) is 12.2 Å². The maximum Gasteiger partial charge on any atom is 0.0107 e. The zero-order valence-electron chi connectivity index (χ0n) is 9.22. The summed E-state index contributed by atoms with van der Waals surface area (Å²) in [7, 11) is 0. The van der Waals surface area contributed by atoms with Crippen molar-refractivity contribution in [1.29, 1.82) is 0 Å². The molecule has 0 aromatic carbocycles. The lowest BCUT2D eigenvalue weighted by atomic mass is 10.2. The van der Waals surface area contributed by atoms with Gasteiger partial charge in [-0.05, 0) is 19.9 Å². The molecule has 0 saturated carbocycles. The van der Waals surface area contributed by atoms with Gasteiger partial charge in [0, 0.05) is 37.7 Å². The smallest absolute Gasteiger partial charge is 0.0107 e. The van der Waals surface area contributed by atoms with Crippen molar-refractivity contribution in [3.05, 3.63) is 12.2 Å². The maximum atomic E-state index is 3.89. The Bertz CT molecular complexity index is 165. The van der Waals surface area contributed by atoms with Crippen LogP contribution in [0.2, 0.25) is 0 Å². The van der Waals surface area contributed by atoms with Crippen molar-refractivity contribution in [2.75, 3.05) is 44.2 Å². The van der Waals surface area contributed by atoms with E-state index < -0.39 is 0 Å². The zero-order chi connectivity index (χ0) is 10.2. The Morgan fingerprint density at radius 3 is 2.71 bits per heavy atom. The first-order valence-electron chi connectivity index (χ1n) is 5.44. The van der Waals surface area contributed by atoms with E-state index in [4.69, 9.17) is 0 Å². The van der Waals surface area contributed by atoms with Gasteiger partial charge in [0.1, 0.15) is 0 Å². The fraction of sp³-hybridized carbons (Fsp3) is 0.818. The second kappa shape index (κ2) is 7.32. The zero-order valence-corrected chi connectivity index (χ0v) is 10.0. The van der Waals surface area contributed by atoms with Gasteiger partial charge >= 0.3 is 0 Å². The third-order valence-electron chi connectivity index (χ3n) is 2.44. The Morgan fingerprint density at radius 1 is 1.36 bits per heavy atom. The molecule has 1 heterocycles. The van der Waals surface area contributed by atoms with Gasteiger partial charge < -0.3 is 10.2 Å². The average molecular weight is 214 g/mol. The maximum absolute atomic E-state index is 3.89. The highest BCUT2D eigenvalue weighted by molar-refractivity contribution is 7.99. The molecule has 1 aliphatic rings. The standard InChI is InChI=1S/C11H22N2S/c1-11(2)3-4-12-5-6-13-7-9-14-10-8-13/h12H,1,3-10H2,2H3. The van der Waals surface area contributed by atoms with Gasteiger partial charge in [0.2, 0.25) is 0 Å². The topological polar surface area (TPSA) is 15.3 Å². The van der Waals surface area contributed by atoms with E-state index in [1.165, 1.54) is 36.7 Å². The van der Waals surface area contributed by atoms with Crippen molar-refractivity contribution in [2.24, 2.45) is 0 Å². The van der Waals surface area contributed by atoms with Gasteiger partial charge in [-0.15, -0.1) is 6.58 Å². The van der Waals surface area contributed by atoms with Crippen molar-refractivity contribution in [2.45, 2.75) is 13.3 Å². The van der Waals surface area contributed by atoms with E-state index in [1.807, 2.05) is 0 Å². The molecule has 1 rings (SSSR count). The van der Waals surface area contributed by atoms with Crippen molar-refractivity contribution in [3.8, 4) is 0 Å². The molecule has 0 amide bonds. The number of nitrogens with zero attached hydrogens (tertiary/aromatic N) is 1.